The van der Waals surface area contributed by atoms with Gasteiger partial charge in [-0.3, -0.25) is 4.79 Å². The lowest BCUT2D eigenvalue weighted by atomic mass is 10.2. The fourth-order valence-electron chi connectivity index (χ4n) is 2.41. The summed E-state index contributed by atoms with van der Waals surface area (Å²) < 4.78 is 1.59. The lowest BCUT2D eigenvalue weighted by molar-refractivity contribution is -0.885. The lowest BCUT2D eigenvalue weighted by Gasteiger charge is -2.15. The number of quaternary nitrogens is 1. The molecule has 0 aliphatic rings. The van der Waals surface area contributed by atoms with Gasteiger partial charge in [-0.05, 0) is 35.0 Å². The average Bonchev–Trinajstić information content (AvgIpc) is 3.20. The molecule has 0 saturated carbocycles. The predicted octanol–water partition coefficient (Wildman–Crippen LogP) is 1.64. The maximum Gasteiger partial charge on any atom is 0.279 e. The van der Waals surface area contributed by atoms with Crippen molar-refractivity contribution in [3.05, 3.63) is 58.3 Å². The first kappa shape index (κ1) is 16.6. The van der Waals surface area contributed by atoms with Crippen molar-refractivity contribution in [2.24, 2.45) is 0 Å². The summed E-state index contributed by atoms with van der Waals surface area (Å²) in [5.74, 6) is -0.0774. The number of anilines is 1. The molecule has 1 amide bonds. The number of nitrogens with zero attached hydrogens (tertiary/aromatic N) is 3. The first-order chi connectivity index (χ1) is 11.6. The molecule has 2 aromatic heterocycles. The van der Waals surface area contributed by atoms with Crippen molar-refractivity contribution in [2.45, 2.75) is 6.54 Å². The molecule has 1 unspecified atom stereocenters. The molecule has 1 atom stereocenters. The van der Waals surface area contributed by atoms with Crippen LogP contribution in [0.25, 0.3) is 5.69 Å². The molecule has 0 saturated heterocycles. The Kier molecular flexibility index (Phi) is 5.24. The highest BCUT2D eigenvalue weighted by molar-refractivity contribution is 7.07. The third-order valence-electron chi connectivity index (χ3n) is 3.45. The number of rotatable bonds is 6. The Labute approximate surface area is 148 Å². The zero-order valence-electron chi connectivity index (χ0n) is 13.1. The van der Waals surface area contributed by atoms with Crippen molar-refractivity contribution in [1.29, 1.82) is 0 Å². The van der Waals surface area contributed by atoms with Gasteiger partial charge < -0.3 is 10.2 Å². The van der Waals surface area contributed by atoms with E-state index in [0.29, 0.717) is 17.3 Å². The molecule has 0 bridgehead atoms. The quantitative estimate of drug-likeness (QED) is 0.700. The van der Waals surface area contributed by atoms with Gasteiger partial charge in [0, 0.05) is 10.6 Å². The van der Waals surface area contributed by atoms with Crippen LogP contribution < -0.4 is 10.2 Å². The van der Waals surface area contributed by atoms with Crippen molar-refractivity contribution in [3.63, 3.8) is 0 Å². The van der Waals surface area contributed by atoms with Gasteiger partial charge >= 0.3 is 0 Å². The number of carbonyl (C=O) groups is 1. The van der Waals surface area contributed by atoms with E-state index in [2.05, 4.69) is 26.8 Å². The molecule has 2 heterocycles. The molecule has 24 heavy (non-hydrogen) atoms. The van der Waals surface area contributed by atoms with Crippen LogP contribution in [0.15, 0.2) is 47.7 Å². The van der Waals surface area contributed by atoms with Crippen LogP contribution in [0.3, 0.4) is 0 Å². The van der Waals surface area contributed by atoms with Crippen molar-refractivity contribution in [2.75, 3.05) is 18.9 Å². The molecule has 6 nitrogen and oxygen atoms in total. The van der Waals surface area contributed by atoms with E-state index < -0.39 is 0 Å². The van der Waals surface area contributed by atoms with Gasteiger partial charge in [-0.15, -0.1) is 0 Å². The maximum atomic E-state index is 12.4. The number of thiophene rings is 1. The molecule has 124 valence electrons. The number of benzene rings is 1. The van der Waals surface area contributed by atoms with E-state index in [0.717, 1.165) is 17.1 Å². The Hall–Kier alpha value is -2.22. The van der Waals surface area contributed by atoms with Crippen LogP contribution >= 0.6 is 22.9 Å². The number of hydrogen-bond acceptors (Lipinski definition) is 4. The summed E-state index contributed by atoms with van der Waals surface area (Å²) in [6.45, 7) is 1.17. The van der Waals surface area contributed by atoms with E-state index in [1.807, 2.05) is 12.4 Å². The molecule has 1 aromatic carbocycles. The molecule has 0 aliphatic carbocycles. The summed E-state index contributed by atoms with van der Waals surface area (Å²) in [5.41, 5.74) is 2.57. The zero-order valence-corrected chi connectivity index (χ0v) is 14.6. The fraction of sp³-hybridized carbons (Fsp3) is 0.188. The van der Waals surface area contributed by atoms with Crippen LogP contribution in [0.5, 0.6) is 0 Å². The Morgan fingerprint density at radius 2 is 2.29 bits per heavy atom. The van der Waals surface area contributed by atoms with Crippen LogP contribution in [0.4, 0.5) is 5.69 Å². The Balaban J connectivity index is 1.69. The van der Waals surface area contributed by atoms with Crippen LogP contribution in [0.1, 0.15) is 5.56 Å². The minimum Gasteiger partial charge on any atom is -0.326 e. The standard InChI is InChI=1S/C16H16ClN5OS/c1-21(7-12-4-5-24-9-12)8-16(23)20-14-6-13(17)2-3-15(14)22-11-18-10-19-22/h2-6,9-11H,7-8H2,1H3,(H,20,23)/p+1. The monoisotopic (exact) mass is 362 g/mol. The topological polar surface area (TPSA) is 64.2 Å². The molecule has 2 N–H and O–H groups in total. The smallest absolute Gasteiger partial charge is 0.279 e. The normalized spacial score (nSPS) is 12.1. The summed E-state index contributed by atoms with van der Waals surface area (Å²) in [7, 11) is 1.99. The van der Waals surface area contributed by atoms with Gasteiger partial charge in [0.25, 0.3) is 5.91 Å². The van der Waals surface area contributed by atoms with Gasteiger partial charge in [-0.25, -0.2) is 9.67 Å². The van der Waals surface area contributed by atoms with E-state index in [4.69, 9.17) is 11.6 Å². The number of carbonyl (C=O) groups excluding carboxylic acids is 1. The maximum absolute atomic E-state index is 12.4. The SMILES string of the molecule is C[NH+](CC(=O)Nc1cc(Cl)ccc1-n1cncn1)Cc1ccsc1. The van der Waals surface area contributed by atoms with Crippen molar-refractivity contribution in [1.82, 2.24) is 14.8 Å². The predicted molar refractivity (Wildman–Crippen MR) is 94.8 cm³/mol. The molecule has 0 fully saturated rings. The van der Waals surface area contributed by atoms with Crippen molar-refractivity contribution in [3.8, 4) is 5.69 Å². The molecule has 0 aliphatic heterocycles. The van der Waals surface area contributed by atoms with Crippen molar-refractivity contribution < 1.29 is 9.69 Å². The third-order valence-corrected chi connectivity index (χ3v) is 4.41. The third kappa shape index (κ3) is 4.19. The van der Waals surface area contributed by atoms with Gasteiger partial charge in [0.2, 0.25) is 0 Å². The second-order valence-electron chi connectivity index (χ2n) is 5.49. The lowest BCUT2D eigenvalue weighted by Crippen LogP contribution is -3.08. The number of aromatic nitrogens is 3. The van der Waals surface area contributed by atoms with Crippen LogP contribution in [0.2, 0.25) is 5.02 Å². The molecule has 3 aromatic rings. The highest BCUT2D eigenvalue weighted by Crippen LogP contribution is 2.23. The molecular formula is C16H17ClN5OS+. The molecule has 8 heteroatoms. The second-order valence-corrected chi connectivity index (χ2v) is 6.71. The number of likely N-dealkylation sites (N-methyl/N-ethyl adjacent to an activating group) is 1. The molecule has 3 rings (SSSR count). The van der Waals surface area contributed by atoms with Gasteiger partial charge in [0.15, 0.2) is 6.54 Å². The van der Waals surface area contributed by atoms with E-state index in [1.54, 1.807) is 40.5 Å². The second kappa shape index (κ2) is 7.57. The minimum atomic E-state index is -0.0774. The van der Waals surface area contributed by atoms with E-state index in [-0.39, 0.29) is 5.91 Å². The van der Waals surface area contributed by atoms with Gasteiger partial charge in [-0.1, -0.05) is 11.6 Å². The zero-order chi connectivity index (χ0) is 16.9. The Morgan fingerprint density at radius 1 is 1.42 bits per heavy atom. The average molecular weight is 363 g/mol. The first-order valence-electron chi connectivity index (χ1n) is 7.38. The Morgan fingerprint density at radius 3 is 3.00 bits per heavy atom. The van der Waals surface area contributed by atoms with Gasteiger partial charge in [-0.2, -0.15) is 16.4 Å². The summed E-state index contributed by atoms with van der Waals surface area (Å²) in [5, 5.41) is 11.7. The van der Waals surface area contributed by atoms with Crippen LogP contribution in [-0.4, -0.2) is 34.3 Å². The molecular weight excluding hydrogens is 346 g/mol. The molecule has 0 radical (unpaired) electrons. The molecule has 0 spiro atoms. The summed E-state index contributed by atoms with van der Waals surface area (Å²) in [6.07, 6.45) is 3.02. The highest BCUT2D eigenvalue weighted by atomic mass is 35.5. The van der Waals surface area contributed by atoms with Crippen LogP contribution in [-0.2, 0) is 11.3 Å². The first-order valence-corrected chi connectivity index (χ1v) is 8.70. The number of halogens is 1. The van der Waals surface area contributed by atoms with E-state index in [1.165, 1.54) is 11.9 Å². The highest BCUT2D eigenvalue weighted by Gasteiger charge is 2.14. The fourth-order valence-corrected chi connectivity index (χ4v) is 3.25. The number of hydrogen-bond donors (Lipinski definition) is 2. The number of amides is 1. The summed E-state index contributed by atoms with van der Waals surface area (Å²) in [6, 6.07) is 7.34. The Bertz CT molecular complexity index is 804. The van der Waals surface area contributed by atoms with E-state index in [9.17, 15) is 4.79 Å². The summed E-state index contributed by atoms with van der Waals surface area (Å²) >= 11 is 7.72. The van der Waals surface area contributed by atoms with Gasteiger partial charge in [0.1, 0.15) is 19.2 Å². The van der Waals surface area contributed by atoms with E-state index >= 15 is 0 Å². The number of nitrogens with one attached hydrogen (secondary N) is 2. The van der Waals surface area contributed by atoms with Gasteiger partial charge in [0.05, 0.1) is 18.4 Å². The largest absolute Gasteiger partial charge is 0.326 e. The van der Waals surface area contributed by atoms with Crippen LogP contribution in [0, 0.1) is 0 Å². The van der Waals surface area contributed by atoms with Crippen molar-refractivity contribution >= 4 is 34.5 Å². The minimum absolute atomic E-state index is 0.0774. The summed E-state index contributed by atoms with van der Waals surface area (Å²) in [4.78, 5) is 17.4.